The van der Waals surface area contributed by atoms with E-state index in [1.807, 2.05) is 0 Å². The van der Waals surface area contributed by atoms with Gasteiger partial charge in [-0.05, 0) is 18.2 Å². The van der Waals surface area contributed by atoms with E-state index >= 15 is 0 Å². The molecule has 0 bridgehead atoms. The molecule has 0 aliphatic carbocycles. The predicted molar refractivity (Wildman–Crippen MR) is 107 cm³/mol. The molecule has 0 fully saturated rings. The van der Waals surface area contributed by atoms with Gasteiger partial charge in [0, 0.05) is 23.7 Å². The molecule has 0 aliphatic rings. The molecule has 0 amide bonds. The van der Waals surface area contributed by atoms with Crippen molar-refractivity contribution in [3.8, 4) is 0 Å². The first-order valence-corrected chi connectivity index (χ1v) is 11.1. The minimum Gasteiger partial charge on any atom is -0.748 e. The Kier molecular flexibility index (Phi) is 17.9. The summed E-state index contributed by atoms with van der Waals surface area (Å²) in [6.45, 7) is 0.522. The van der Waals surface area contributed by atoms with Crippen LogP contribution in [-0.4, -0.2) is 71.7 Å². The van der Waals surface area contributed by atoms with Crippen molar-refractivity contribution in [2.75, 3.05) is 54.6 Å². The predicted octanol–water partition coefficient (Wildman–Crippen LogP) is -6.77. The summed E-state index contributed by atoms with van der Waals surface area (Å²) >= 11 is 0.712. The van der Waals surface area contributed by atoms with E-state index in [-0.39, 0.29) is 103 Å². The van der Waals surface area contributed by atoms with Crippen molar-refractivity contribution >= 4 is 45.7 Å². The van der Waals surface area contributed by atoms with Crippen LogP contribution in [0.25, 0.3) is 0 Å². The van der Waals surface area contributed by atoms with Crippen LogP contribution in [0.3, 0.4) is 0 Å². The Balaban J connectivity index is 0.00000512. The molecule has 0 unspecified atom stereocenters. The van der Waals surface area contributed by atoms with Crippen LogP contribution in [0.2, 0.25) is 0 Å². The molecule has 0 aliphatic heterocycles. The van der Waals surface area contributed by atoms with Crippen LogP contribution in [0.5, 0.6) is 0 Å². The van der Waals surface area contributed by atoms with Crippen molar-refractivity contribution in [3.63, 3.8) is 0 Å². The zero-order chi connectivity index (χ0) is 22.5. The van der Waals surface area contributed by atoms with Crippen LogP contribution in [0, 0.1) is 0 Å². The van der Waals surface area contributed by atoms with E-state index in [9.17, 15) is 18.2 Å². The number of nitrogens with zero attached hydrogens (tertiary/aromatic N) is 3. The zero-order valence-corrected chi connectivity index (χ0v) is 23.6. The summed E-state index contributed by atoms with van der Waals surface area (Å²) in [5.74, 6) is -0.329. The molecule has 2 rings (SSSR count). The van der Waals surface area contributed by atoms with Gasteiger partial charge in [-0.2, -0.15) is 19.3 Å². The molecule has 0 radical (unpaired) electrons. The van der Waals surface area contributed by atoms with Gasteiger partial charge in [-0.3, -0.25) is 5.04 Å². The number of hydrogen-bond donors (Lipinski definition) is 4. The van der Waals surface area contributed by atoms with Crippen LogP contribution in [-0.2, 0) is 24.2 Å². The Bertz CT molecular complexity index is 931. The summed E-state index contributed by atoms with van der Waals surface area (Å²) in [4.78, 5) is 13.0. The topological polar surface area (TPSA) is 203 Å². The molecule has 172 valence electrons. The average Bonchev–Trinajstić information content (AvgIpc) is 2.71. The summed E-state index contributed by atoms with van der Waals surface area (Å²) in [5.41, 5.74) is 0.552. The fourth-order valence-corrected chi connectivity index (χ4v) is 2.85. The van der Waals surface area contributed by atoms with Gasteiger partial charge in [-0.25, -0.2) is 8.42 Å². The number of aromatic nitrogens is 3. The average molecular weight is 522 g/mol. The van der Waals surface area contributed by atoms with Gasteiger partial charge >= 0.3 is 59.1 Å². The van der Waals surface area contributed by atoms with Gasteiger partial charge in [0.05, 0.1) is 47.7 Å². The molecular weight excluding hydrogens is 502 g/mol. The first-order chi connectivity index (χ1) is 14.9. The molecule has 4 N–H and O–H groups in total. The van der Waals surface area contributed by atoms with Gasteiger partial charge in [-0.1, -0.05) is 6.07 Å². The first kappa shape index (κ1) is 32.7. The molecule has 14 nitrogen and oxygen atoms in total. The maximum absolute atomic E-state index is 10.8. The van der Waals surface area contributed by atoms with E-state index in [0.29, 0.717) is 29.2 Å². The minimum absolute atomic E-state index is 0. The quantitative estimate of drug-likeness (QED) is 0.0429. The van der Waals surface area contributed by atoms with Crippen molar-refractivity contribution in [2.45, 2.75) is 4.90 Å². The Morgan fingerprint density at radius 2 is 1.70 bits per heavy atom. The molecule has 0 atom stereocenters. The maximum Gasteiger partial charge on any atom is 1.00 e. The first-order valence-electron chi connectivity index (χ1n) is 8.76. The Morgan fingerprint density at radius 1 is 1.03 bits per heavy atom. The van der Waals surface area contributed by atoms with Gasteiger partial charge < -0.3 is 35.6 Å². The van der Waals surface area contributed by atoms with E-state index in [1.54, 1.807) is 24.3 Å². The monoisotopic (exact) mass is 522 g/mol. The number of nitrogens with one attached hydrogen (secondary N) is 3. The number of aliphatic hydroxyl groups is 1. The molecular formula is C15H20N6Na2O8S2. The Hall–Kier alpha value is -0.310. The van der Waals surface area contributed by atoms with Gasteiger partial charge in [0.15, 0.2) is 0 Å². The summed E-state index contributed by atoms with van der Waals surface area (Å²) in [7, 11) is -4.40. The van der Waals surface area contributed by atoms with E-state index in [1.165, 1.54) is 0 Å². The molecule has 1 aromatic heterocycles. The van der Waals surface area contributed by atoms with Gasteiger partial charge in [0.25, 0.3) is 0 Å². The third-order valence-corrected chi connectivity index (χ3v) is 4.56. The van der Waals surface area contributed by atoms with Crippen LogP contribution in [0.15, 0.2) is 29.2 Å². The molecule has 1 aromatic carbocycles. The summed E-state index contributed by atoms with van der Waals surface area (Å²) in [6, 6.07) is 6.72. The number of benzene rings is 1. The van der Waals surface area contributed by atoms with Crippen molar-refractivity contribution in [1.29, 1.82) is 0 Å². The minimum atomic E-state index is -4.40. The normalized spacial score (nSPS) is 10.6. The SMILES string of the molecule is O=S(=O)([O-])CCNc1nc(NCCOCCO)nc(Nc2cccc(SOO[O-])c2)n1.[Na+].[Na+]. The van der Waals surface area contributed by atoms with E-state index in [4.69, 9.17) is 9.84 Å². The van der Waals surface area contributed by atoms with Crippen LogP contribution in [0.1, 0.15) is 0 Å². The molecule has 2 aromatic rings. The number of ether oxygens (including phenoxy) is 1. The Labute approximate surface area is 239 Å². The van der Waals surface area contributed by atoms with Crippen LogP contribution >= 0.6 is 12.0 Å². The number of hydrogen-bond acceptors (Lipinski definition) is 15. The van der Waals surface area contributed by atoms with Crippen LogP contribution < -0.4 is 80.3 Å². The fraction of sp³-hybridized carbons (Fsp3) is 0.400. The van der Waals surface area contributed by atoms with Gasteiger partial charge in [0.2, 0.25) is 17.8 Å². The molecule has 18 heteroatoms. The van der Waals surface area contributed by atoms with E-state index < -0.39 is 15.9 Å². The molecule has 1 heterocycles. The van der Waals surface area contributed by atoms with Crippen molar-refractivity contribution in [2.24, 2.45) is 0 Å². The summed E-state index contributed by atoms with van der Waals surface area (Å²) < 4.78 is 41.8. The van der Waals surface area contributed by atoms with E-state index in [0.717, 1.165) is 0 Å². The Morgan fingerprint density at radius 3 is 2.33 bits per heavy atom. The standard InChI is InChI=1S/C15H22N6O8S2.2Na/c22-6-8-27-7-4-16-13-19-14(17-5-9-31(24,25)26)21-15(20-13)18-11-2-1-3-12(10-11)30-29-28-23;;/h1-3,10,22-23H,4-9H2,(H,24,25,26)(H3,16,17,18,19,20,21);;/q;2*+1/p-2. The smallest absolute Gasteiger partial charge is 0.748 e. The fourth-order valence-electron chi connectivity index (χ4n) is 2.09. The zero-order valence-electron chi connectivity index (χ0n) is 18.0. The van der Waals surface area contributed by atoms with Crippen LogP contribution in [0.4, 0.5) is 23.5 Å². The largest absolute Gasteiger partial charge is 1.00 e. The third-order valence-electron chi connectivity index (χ3n) is 3.28. The second-order valence-corrected chi connectivity index (χ2v) is 7.93. The maximum atomic E-state index is 10.8. The second-order valence-electron chi connectivity index (χ2n) is 5.63. The third kappa shape index (κ3) is 14.6. The number of rotatable bonds is 15. The second kappa shape index (κ2) is 18.0. The van der Waals surface area contributed by atoms with Crippen molar-refractivity contribution in [3.05, 3.63) is 24.3 Å². The van der Waals surface area contributed by atoms with Gasteiger partial charge in [0.1, 0.15) is 0 Å². The van der Waals surface area contributed by atoms with Gasteiger partial charge in [-0.15, -0.1) is 0 Å². The van der Waals surface area contributed by atoms with Crippen molar-refractivity contribution < 1.29 is 96.6 Å². The molecule has 0 saturated heterocycles. The van der Waals surface area contributed by atoms with Crippen molar-refractivity contribution in [1.82, 2.24) is 15.0 Å². The number of anilines is 4. The summed E-state index contributed by atoms with van der Waals surface area (Å²) in [6.07, 6.45) is 0. The molecule has 33 heavy (non-hydrogen) atoms. The molecule has 0 spiro atoms. The molecule has 0 saturated carbocycles. The number of aliphatic hydroxyl groups excluding tert-OH is 1. The van der Waals surface area contributed by atoms with E-state index in [2.05, 4.69) is 40.3 Å². The summed E-state index contributed by atoms with van der Waals surface area (Å²) in [5, 5.41) is 30.5.